The zero-order chi connectivity index (χ0) is 16.2. The molecule has 124 valence electrons. The van der Waals surface area contributed by atoms with Crippen molar-refractivity contribution in [1.29, 1.82) is 0 Å². The van der Waals surface area contributed by atoms with Crippen LogP contribution in [-0.4, -0.2) is 46.7 Å². The third-order valence-electron chi connectivity index (χ3n) is 4.71. The van der Waals surface area contributed by atoms with E-state index in [4.69, 9.17) is 5.73 Å². The summed E-state index contributed by atoms with van der Waals surface area (Å²) in [5.74, 6) is -0.867. The molecule has 5 heteroatoms. The molecule has 2 heterocycles. The minimum Gasteiger partial charge on any atom is -0.478 e. The van der Waals surface area contributed by atoms with Crippen LogP contribution in [0.5, 0.6) is 0 Å². The second kappa shape index (κ2) is 7.15. The van der Waals surface area contributed by atoms with Crippen molar-refractivity contribution in [1.82, 2.24) is 9.47 Å². The van der Waals surface area contributed by atoms with Gasteiger partial charge in [0.15, 0.2) is 0 Å². The van der Waals surface area contributed by atoms with Crippen molar-refractivity contribution < 1.29 is 9.90 Å². The van der Waals surface area contributed by atoms with E-state index in [9.17, 15) is 9.90 Å². The molecule has 0 aliphatic carbocycles. The van der Waals surface area contributed by atoms with Crippen LogP contribution < -0.4 is 5.73 Å². The monoisotopic (exact) mass is 315 g/mol. The molecule has 1 fully saturated rings. The molecule has 5 nitrogen and oxygen atoms in total. The van der Waals surface area contributed by atoms with E-state index in [1.54, 1.807) is 6.07 Å². The molecule has 2 aromatic rings. The summed E-state index contributed by atoms with van der Waals surface area (Å²) in [5, 5.41) is 10.6. The van der Waals surface area contributed by atoms with Gasteiger partial charge in [-0.15, -0.1) is 0 Å². The summed E-state index contributed by atoms with van der Waals surface area (Å²) in [4.78, 5) is 14.1. The molecule has 3 N–H and O–H groups in total. The first-order valence-corrected chi connectivity index (χ1v) is 8.47. The lowest BCUT2D eigenvalue weighted by Gasteiger charge is -2.13. The lowest BCUT2D eigenvalue weighted by Crippen LogP contribution is -2.21. The summed E-state index contributed by atoms with van der Waals surface area (Å²) in [5.41, 5.74) is 8.09. The number of para-hydroxylation sites is 1. The molecule has 0 amide bonds. The second-order valence-corrected chi connectivity index (χ2v) is 6.30. The van der Waals surface area contributed by atoms with Crippen LogP contribution in [0.4, 0.5) is 0 Å². The van der Waals surface area contributed by atoms with Crippen LogP contribution in [0, 0.1) is 0 Å². The molecule has 23 heavy (non-hydrogen) atoms. The van der Waals surface area contributed by atoms with Crippen LogP contribution in [0.25, 0.3) is 10.9 Å². The maximum absolute atomic E-state index is 11.6. The summed E-state index contributed by atoms with van der Waals surface area (Å²) in [6.07, 6.45) is 6.53. The number of hydrogen-bond acceptors (Lipinski definition) is 3. The van der Waals surface area contributed by atoms with Crippen molar-refractivity contribution in [3.63, 3.8) is 0 Å². The van der Waals surface area contributed by atoms with E-state index in [1.807, 2.05) is 12.1 Å². The SMILES string of the molecule is NCCCn1cc(CCN2CCCC2)c2cccc(C(=O)O)c21. The molecule has 1 aromatic heterocycles. The summed E-state index contributed by atoms with van der Waals surface area (Å²) in [6, 6.07) is 5.58. The summed E-state index contributed by atoms with van der Waals surface area (Å²) < 4.78 is 2.07. The average Bonchev–Trinajstić information content (AvgIpc) is 3.18. The Hall–Kier alpha value is -1.85. The number of carbonyl (C=O) groups is 1. The number of benzene rings is 1. The van der Waals surface area contributed by atoms with Crippen LogP contribution in [0.1, 0.15) is 35.2 Å². The molecule has 0 unspecified atom stereocenters. The van der Waals surface area contributed by atoms with Gasteiger partial charge in [0.1, 0.15) is 0 Å². The van der Waals surface area contributed by atoms with Gasteiger partial charge in [0.05, 0.1) is 11.1 Å². The smallest absolute Gasteiger partial charge is 0.337 e. The molecule has 0 bridgehead atoms. The molecule has 1 saturated heterocycles. The van der Waals surface area contributed by atoms with Crippen molar-refractivity contribution >= 4 is 16.9 Å². The Bertz CT molecular complexity index is 687. The fraction of sp³-hybridized carbons (Fsp3) is 0.500. The lowest BCUT2D eigenvalue weighted by molar-refractivity contribution is 0.0698. The average molecular weight is 315 g/mol. The van der Waals surface area contributed by atoms with E-state index in [-0.39, 0.29) is 0 Å². The fourth-order valence-corrected chi connectivity index (χ4v) is 3.53. The molecule has 0 atom stereocenters. The van der Waals surface area contributed by atoms with Gasteiger partial charge >= 0.3 is 5.97 Å². The van der Waals surface area contributed by atoms with Crippen molar-refractivity contribution in [3.05, 3.63) is 35.5 Å². The van der Waals surface area contributed by atoms with E-state index in [1.165, 1.54) is 31.5 Å². The van der Waals surface area contributed by atoms with Crippen LogP contribution in [-0.2, 0) is 13.0 Å². The number of rotatable bonds is 7. The zero-order valence-corrected chi connectivity index (χ0v) is 13.5. The topological polar surface area (TPSA) is 71.5 Å². The van der Waals surface area contributed by atoms with E-state index in [0.29, 0.717) is 12.1 Å². The molecular weight excluding hydrogens is 290 g/mol. The lowest BCUT2D eigenvalue weighted by atomic mass is 10.1. The third kappa shape index (κ3) is 3.41. The number of aromatic carboxylic acids is 1. The Balaban J connectivity index is 1.93. The number of hydrogen-bond donors (Lipinski definition) is 2. The van der Waals surface area contributed by atoms with Gasteiger partial charge in [-0.05, 0) is 56.9 Å². The number of likely N-dealkylation sites (tertiary alicyclic amines) is 1. The largest absolute Gasteiger partial charge is 0.478 e. The van der Waals surface area contributed by atoms with E-state index >= 15 is 0 Å². The number of carboxylic acids is 1. The van der Waals surface area contributed by atoms with Gasteiger partial charge < -0.3 is 20.3 Å². The standard InChI is InChI=1S/C18H25N3O2/c19-8-4-11-21-13-14(7-12-20-9-1-2-10-20)15-5-3-6-16(17(15)21)18(22)23/h3,5-6,13H,1-2,4,7-12,19H2,(H,22,23). The second-order valence-electron chi connectivity index (χ2n) is 6.30. The molecule has 0 saturated carbocycles. The predicted octanol–water partition coefficient (Wildman–Crippen LogP) is 2.33. The first-order valence-electron chi connectivity index (χ1n) is 8.47. The van der Waals surface area contributed by atoms with Gasteiger partial charge in [0.25, 0.3) is 0 Å². The molecule has 0 spiro atoms. The van der Waals surface area contributed by atoms with Crippen LogP contribution in [0.15, 0.2) is 24.4 Å². The van der Waals surface area contributed by atoms with Gasteiger partial charge in [-0.3, -0.25) is 0 Å². The van der Waals surface area contributed by atoms with Gasteiger partial charge in [-0.2, -0.15) is 0 Å². The van der Waals surface area contributed by atoms with Gasteiger partial charge in [-0.25, -0.2) is 4.79 Å². The molecular formula is C18H25N3O2. The summed E-state index contributed by atoms with van der Waals surface area (Å²) in [6.45, 7) is 4.80. The Kier molecular flexibility index (Phi) is 4.98. The highest BCUT2D eigenvalue weighted by atomic mass is 16.4. The number of nitrogens with two attached hydrogens (primary N) is 1. The zero-order valence-electron chi connectivity index (χ0n) is 13.5. The van der Waals surface area contributed by atoms with Gasteiger partial charge in [-0.1, -0.05) is 12.1 Å². The van der Waals surface area contributed by atoms with Gasteiger partial charge in [0, 0.05) is 24.7 Å². The van der Waals surface area contributed by atoms with E-state index < -0.39 is 5.97 Å². The van der Waals surface area contributed by atoms with Crippen molar-refractivity contribution in [2.45, 2.75) is 32.2 Å². The minimum atomic E-state index is -0.867. The predicted molar refractivity (Wildman–Crippen MR) is 91.9 cm³/mol. The van der Waals surface area contributed by atoms with Crippen molar-refractivity contribution in [2.75, 3.05) is 26.2 Å². The van der Waals surface area contributed by atoms with Crippen LogP contribution >= 0.6 is 0 Å². The fourth-order valence-electron chi connectivity index (χ4n) is 3.53. The number of carboxylic acid groups (broad SMARTS) is 1. The van der Waals surface area contributed by atoms with Crippen molar-refractivity contribution in [2.24, 2.45) is 5.73 Å². The highest BCUT2D eigenvalue weighted by Crippen LogP contribution is 2.26. The molecule has 1 aliphatic rings. The van der Waals surface area contributed by atoms with Crippen LogP contribution in [0.3, 0.4) is 0 Å². The van der Waals surface area contributed by atoms with Gasteiger partial charge in [0.2, 0.25) is 0 Å². The maximum atomic E-state index is 11.6. The van der Waals surface area contributed by atoms with E-state index in [0.717, 1.165) is 36.8 Å². The van der Waals surface area contributed by atoms with Crippen molar-refractivity contribution in [3.8, 4) is 0 Å². The number of aryl methyl sites for hydroxylation is 1. The summed E-state index contributed by atoms with van der Waals surface area (Å²) in [7, 11) is 0. The maximum Gasteiger partial charge on any atom is 0.337 e. The number of nitrogens with zero attached hydrogens (tertiary/aromatic N) is 2. The number of fused-ring (bicyclic) bond motifs is 1. The quantitative estimate of drug-likeness (QED) is 0.822. The first kappa shape index (κ1) is 16.0. The first-order chi connectivity index (χ1) is 11.2. The Morgan fingerprint density at radius 1 is 1.22 bits per heavy atom. The minimum absolute atomic E-state index is 0.381. The normalized spacial score (nSPS) is 15.5. The third-order valence-corrected chi connectivity index (χ3v) is 4.71. The molecule has 1 aromatic carbocycles. The van der Waals surface area contributed by atoms with E-state index in [2.05, 4.69) is 15.7 Å². The molecule has 1 aliphatic heterocycles. The van der Waals surface area contributed by atoms with Crippen LogP contribution in [0.2, 0.25) is 0 Å². The molecule has 0 radical (unpaired) electrons. The summed E-state index contributed by atoms with van der Waals surface area (Å²) >= 11 is 0. The Morgan fingerprint density at radius 3 is 2.70 bits per heavy atom. The Morgan fingerprint density at radius 2 is 2.00 bits per heavy atom. The highest BCUT2D eigenvalue weighted by molar-refractivity contribution is 6.03. The Labute approximate surface area is 136 Å². The molecule has 3 rings (SSSR count). The highest BCUT2D eigenvalue weighted by Gasteiger charge is 2.17. The number of aromatic nitrogens is 1.